The van der Waals surface area contributed by atoms with E-state index in [0.29, 0.717) is 0 Å². The Kier molecular flexibility index (Phi) is 6.55. The molecule has 7 rings (SSSR count). The van der Waals surface area contributed by atoms with Gasteiger partial charge in [0.15, 0.2) is 0 Å². The first-order valence-electron chi connectivity index (χ1n) is 14.1. The Morgan fingerprint density at radius 3 is 2.39 bits per heavy atom. The molecule has 0 bridgehead atoms. The Bertz CT molecular complexity index is 1960. The van der Waals surface area contributed by atoms with Crippen LogP contribution in [-0.4, -0.2) is 0 Å². The lowest BCUT2D eigenvalue weighted by Crippen LogP contribution is -2.07. The average Bonchev–Trinajstić information content (AvgIpc) is 3.40. The number of rotatable bonds is 6. The SMILES string of the molecule is C=C/C=C(\C=C/c1ccc(-c2cc3oc4ccccc4c3cc2C2C=Cc3ccccc3C2)cc1)c1ccccc1. The average molecular weight is 527 g/mol. The summed E-state index contributed by atoms with van der Waals surface area (Å²) in [6.45, 7) is 3.90. The van der Waals surface area contributed by atoms with Crippen molar-refractivity contribution in [2.45, 2.75) is 12.3 Å². The summed E-state index contributed by atoms with van der Waals surface area (Å²) in [6, 6.07) is 40.9. The molecular weight excluding hydrogens is 496 g/mol. The molecule has 0 fully saturated rings. The van der Waals surface area contributed by atoms with Gasteiger partial charge in [0.2, 0.25) is 0 Å². The summed E-state index contributed by atoms with van der Waals surface area (Å²) in [7, 11) is 0. The van der Waals surface area contributed by atoms with Gasteiger partial charge in [-0.2, -0.15) is 0 Å². The van der Waals surface area contributed by atoms with Crippen molar-refractivity contribution < 1.29 is 4.42 Å². The minimum absolute atomic E-state index is 0.287. The van der Waals surface area contributed by atoms with E-state index in [1.807, 2.05) is 24.3 Å². The van der Waals surface area contributed by atoms with E-state index in [9.17, 15) is 0 Å². The molecule has 5 aromatic carbocycles. The van der Waals surface area contributed by atoms with E-state index in [1.165, 1.54) is 38.8 Å². The molecule has 196 valence electrons. The van der Waals surface area contributed by atoms with Crippen LogP contribution in [0, 0.1) is 0 Å². The van der Waals surface area contributed by atoms with Gasteiger partial charge in [-0.15, -0.1) is 0 Å². The van der Waals surface area contributed by atoms with E-state index in [4.69, 9.17) is 4.42 Å². The molecule has 1 aliphatic rings. The lowest BCUT2D eigenvalue weighted by Gasteiger charge is -2.23. The normalized spacial score (nSPS) is 15.0. The maximum atomic E-state index is 6.32. The van der Waals surface area contributed by atoms with E-state index in [2.05, 4.69) is 134 Å². The van der Waals surface area contributed by atoms with Gasteiger partial charge in [-0.05, 0) is 69.1 Å². The molecule has 0 amide bonds. The summed E-state index contributed by atoms with van der Waals surface area (Å²) in [5.74, 6) is 0.287. The Labute approximate surface area is 241 Å². The highest BCUT2D eigenvalue weighted by Gasteiger charge is 2.21. The van der Waals surface area contributed by atoms with Crippen LogP contribution in [0.15, 0.2) is 151 Å². The summed E-state index contributed by atoms with van der Waals surface area (Å²) in [5.41, 5.74) is 11.8. The first-order valence-corrected chi connectivity index (χ1v) is 14.1. The van der Waals surface area contributed by atoms with Gasteiger partial charge >= 0.3 is 0 Å². The molecule has 6 aromatic rings. The van der Waals surface area contributed by atoms with Crippen molar-refractivity contribution in [3.8, 4) is 11.1 Å². The first-order chi connectivity index (χ1) is 20.3. The lowest BCUT2D eigenvalue weighted by atomic mass is 9.81. The number of hydrogen-bond acceptors (Lipinski definition) is 1. The fraction of sp³-hybridized carbons (Fsp3) is 0.0500. The van der Waals surface area contributed by atoms with Crippen molar-refractivity contribution in [3.05, 3.63) is 174 Å². The molecule has 1 nitrogen and oxygen atoms in total. The summed E-state index contributed by atoms with van der Waals surface area (Å²) >= 11 is 0. The Balaban J connectivity index is 1.28. The van der Waals surface area contributed by atoms with Gasteiger partial charge in [0, 0.05) is 16.7 Å². The predicted molar refractivity (Wildman–Crippen MR) is 175 cm³/mol. The van der Waals surface area contributed by atoms with E-state index in [0.717, 1.165) is 34.1 Å². The maximum absolute atomic E-state index is 6.32. The zero-order chi connectivity index (χ0) is 27.6. The van der Waals surface area contributed by atoms with Crippen LogP contribution in [-0.2, 0) is 6.42 Å². The van der Waals surface area contributed by atoms with Crippen molar-refractivity contribution in [2.24, 2.45) is 0 Å². The Morgan fingerprint density at radius 2 is 1.54 bits per heavy atom. The van der Waals surface area contributed by atoms with E-state index in [-0.39, 0.29) is 5.92 Å². The van der Waals surface area contributed by atoms with Crippen molar-refractivity contribution >= 4 is 39.7 Å². The van der Waals surface area contributed by atoms with Gasteiger partial charge in [0.1, 0.15) is 11.2 Å². The third kappa shape index (κ3) is 4.88. The molecule has 0 aliphatic heterocycles. The van der Waals surface area contributed by atoms with Crippen molar-refractivity contribution in [2.75, 3.05) is 0 Å². The standard InChI is InChI=1S/C40H30O/c1-2-10-29(30-11-4-3-5-12-30)20-17-28-18-21-32(22-19-28)37-27-40-38(35-15-8-9-16-39(35)41-40)26-36(37)34-24-23-31-13-6-7-14-33(31)25-34/h2-24,26-27,34H,1,25H2/b20-17-,29-10+. The highest BCUT2D eigenvalue weighted by atomic mass is 16.3. The molecule has 0 radical (unpaired) electrons. The number of benzene rings is 5. The molecule has 1 atom stereocenters. The van der Waals surface area contributed by atoms with E-state index < -0.39 is 0 Å². The summed E-state index contributed by atoms with van der Waals surface area (Å²) < 4.78 is 6.32. The van der Waals surface area contributed by atoms with Crippen LogP contribution >= 0.6 is 0 Å². The molecule has 1 aliphatic carbocycles. The van der Waals surface area contributed by atoms with Crippen molar-refractivity contribution in [3.63, 3.8) is 0 Å². The van der Waals surface area contributed by atoms with Crippen LogP contribution in [0.1, 0.15) is 33.7 Å². The fourth-order valence-corrected chi connectivity index (χ4v) is 5.93. The second kappa shape index (κ2) is 10.8. The zero-order valence-corrected chi connectivity index (χ0v) is 22.8. The van der Waals surface area contributed by atoms with Gasteiger partial charge in [0.05, 0.1) is 0 Å². The molecule has 0 spiro atoms. The minimum atomic E-state index is 0.287. The molecule has 0 N–H and O–H groups in total. The van der Waals surface area contributed by atoms with Crippen LogP contribution in [0.25, 0.3) is 50.8 Å². The molecule has 1 heteroatoms. The van der Waals surface area contributed by atoms with Crippen molar-refractivity contribution in [1.82, 2.24) is 0 Å². The monoisotopic (exact) mass is 526 g/mol. The summed E-state index contributed by atoms with van der Waals surface area (Å²) in [6.07, 6.45) is 13.8. The maximum Gasteiger partial charge on any atom is 0.136 e. The minimum Gasteiger partial charge on any atom is -0.456 e. The van der Waals surface area contributed by atoms with Gasteiger partial charge < -0.3 is 4.42 Å². The first kappa shape index (κ1) is 24.9. The molecule has 41 heavy (non-hydrogen) atoms. The van der Waals surface area contributed by atoms with E-state index >= 15 is 0 Å². The van der Waals surface area contributed by atoms with Crippen LogP contribution in [0.4, 0.5) is 0 Å². The highest BCUT2D eigenvalue weighted by Crippen LogP contribution is 2.41. The number of hydrogen-bond donors (Lipinski definition) is 0. The van der Waals surface area contributed by atoms with Crippen molar-refractivity contribution in [1.29, 1.82) is 0 Å². The predicted octanol–water partition coefficient (Wildman–Crippen LogP) is 10.9. The molecule has 1 unspecified atom stereocenters. The topological polar surface area (TPSA) is 13.1 Å². The Morgan fingerprint density at radius 1 is 0.756 bits per heavy atom. The molecule has 0 saturated heterocycles. The summed E-state index contributed by atoms with van der Waals surface area (Å²) in [5, 5.41) is 2.34. The number of para-hydroxylation sites is 1. The smallest absolute Gasteiger partial charge is 0.136 e. The fourth-order valence-electron chi connectivity index (χ4n) is 5.93. The van der Waals surface area contributed by atoms with Gasteiger partial charge in [-0.3, -0.25) is 0 Å². The third-order valence-electron chi connectivity index (χ3n) is 8.03. The second-order valence-electron chi connectivity index (χ2n) is 10.6. The van der Waals surface area contributed by atoms with Gasteiger partial charge in [-0.1, -0.05) is 140 Å². The zero-order valence-electron chi connectivity index (χ0n) is 22.8. The number of allylic oxidation sites excluding steroid dienone is 5. The summed E-state index contributed by atoms with van der Waals surface area (Å²) in [4.78, 5) is 0. The number of furan rings is 1. The van der Waals surface area contributed by atoms with Gasteiger partial charge in [-0.25, -0.2) is 0 Å². The Hall–Kier alpha value is -5.14. The lowest BCUT2D eigenvalue weighted by molar-refractivity contribution is 0.668. The molecule has 1 aromatic heterocycles. The quantitative estimate of drug-likeness (QED) is 0.197. The van der Waals surface area contributed by atoms with Crippen LogP contribution in [0.5, 0.6) is 0 Å². The van der Waals surface area contributed by atoms with E-state index in [1.54, 1.807) is 0 Å². The van der Waals surface area contributed by atoms with Crippen LogP contribution in [0.2, 0.25) is 0 Å². The van der Waals surface area contributed by atoms with Crippen LogP contribution in [0.3, 0.4) is 0 Å². The molecule has 0 saturated carbocycles. The number of fused-ring (bicyclic) bond motifs is 4. The largest absolute Gasteiger partial charge is 0.456 e. The molecular formula is C40H30O. The molecule has 1 heterocycles. The van der Waals surface area contributed by atoms with Gasteiger partial charge in [0.25, 0.3) is 0 Å². The highest BCUT2D eigenvalue weighted by molar-refractivity contribution is 6.06. The second-order valence-corrected chi connectivity index (χ2v) is 10.6. The third-order valence-corrected chi connectivity index (χ3v) is 8.03. The van der Waals surface area contributed by atoms with Crippen LogP contribution < -0.4 is 0 Å².